The molecule has 6 nitrogen and oxygen atoms in total. The Bertz CT molecular complexity index is 887. The molecule has 0 unspecified atom stereocenters. The molecule has 0 aliphatic heterocycles. The third-order valence-corrected chi connectivity index (χ3v) is 3.25. The van der Waals surface area contributed by atoms with Gasteiger partial charge in [0.25, 0.3) is 0 Å². The van der Waals surface area contributed by atoms with Gasteiger partial charge in [-0.15, -0.1) is 18.3 Å². The first-order valence-electron chi connectivity index (χ1n) is 7.00. The van der Waals surface area contributed by atoms with Gasteiger partial charge in [-0.05, 0) is 24.3 Å². The smallest absolute Gasteiger partial charge is 0.406 e. The number of aromatic nitrogens is 3. The fourth-order valence-corrected chi connectivity index (χ4v) is 2.14. The van der Waals surface area contributed by atoms with Crippen molar-refractivity contribution in [2.24, 2.45) is 0 Å². The molecular formula is C16H11F3N4O2. The molecule has 1 heterocycles. The van der Waals surface area contributed by atoms with E-state index in [2.05, 4.69) is 14.8 Å². The second kappa shape index (κ2) is 6.27. The van der Waals surface area contributed by atoms with Crippen LogP contribution in [0, 0.1) is 0 Å². The van der Waals surface area contributed by atoms with Gasteiger partial charge in [0.15, 0.2) is 5.82 Å². The molecule has 0 spiro atoms. The molecule has 0 aliphatic carbocycles. The van der Waals surface area contributed by atoms with Gasteiger partial charge >= 0.3 is 6.36 Å². The zero-order chi connectivity index (χ0) is 18.0. The van der Waals surface area contributed by atoms with Crippen LogP contribution in [-0.4, -0.2) is 27.4 Å². The fourth-order valence-electron chi connectivity index (χ4n) is 2.14. The minimum atomic E-state index is -4.76. The van der Waals surface area contributed by atoms with E-state index in [9.17, 15) is 18.0 Å². The summed E-state index contributed by atoms with van der Waals surface area (Å²) in [5.41, 5.74) is 7.41. The van der Waals surface area contributed by atoms with Gasteiger partial charge in [0, 0.05) is 11.1 Å². The summed E-state index contributed by atoms with van der Waals surface area (Å²) in [7, 11) is 0. The fraction of sp³-hybridized carbons (Fsp3) is 0.0625. The highest BCUT2D eigenvalue weighted by atomic mass is 19.4. The van der Waals surface area contributed by atoms with E-state index in [4.69, 9.17) is 5.73 Å². The zero-order valence-electron chi connectivity index (χ0n) is 12.6. The normalized spacial score (nSPS) is 11.3. The van der Waals surface area contributed by atoms with E-state index in [-0.39, 0.29) is 11.7 Å². The second-order valence-corrected chi connectivity index (χ2v) is 4.99. The maximum Gasteiger partial charge on any atom is 0.573 e. The van der Waals surface area contributed by atoms with Crippen LogP contribution in [0.25, 0.3) is 17.1 Å². The molecule has 0 amide bonds. The molecule has 1 aromatic heterocycles. The molecule has 0 atom stereocenters. The number of alkyl halides is 3. The van der Waals surface area contributed by atoms with E-state index in [1.54, 1.807) is 24.3 Å². The highest BCUT2D eigenvalue weighted by Gasteiger charge is 2.31. The number of hydrogen-bond acceptors (Lipinski definition) is 5. The van der Waals surface area contributed by atoms with Crippen molar-refractivity contribution in [3.8, 4) is 22.8 Å². The highest BCUT2D eigenvalue weighted by molar-refractivity contribution is 5.76. The number of hydrogen-bond donors (Lipinski definition) is 1. The van der Waals surface area contributed by atoms with Crippen molar-refractivity contribution in [2.45, 2.75) is 6.36 Å². The van der Waals surface area contributed by atoms with Crippen molar-refractivity contribution < 1.29 is 22.7 Å². The van der Waals surface area contributed by atoms with Crippen LogP contribution in [0.15, 0.2) is 48.5 Å². The van der Waals surface area contributed by atoms with Crippen LogP contribution in [0.1, 0.15) is 10.4 Å². The Morgan fingerprint density at radius 3 is 2.24 bits per heavy atom. The third-order valence-electron chi connectivity index (χ3n) is 3.25. The summed E-state index contributed by atoms with van der Waals surface area (Å²) in [6.45, 7) is 0. The molecule has 3 aromatic rings. The van der Waals surface area contributed by atoms with E-state index in [0.29, 0.717) is 22.6 Å². The predicted molar refractivity (Wildman–Crippen MR) is 83.3 cm³/mol. The molecule has 0 fully saturated rings. The summed E-state index contributed by atoms with van der Waals surface area (Å²) in [4.78, 5) is 14.8. The lowest BCUT2D eigenvalue weighted by molar-refractivity contribution is -0.274. The number of nitrogen functional groups attached to an aromatic ring is 1. The van der Waals surface area contributed by atoms with Gasteiger partial charge < -0.3 is 10.5 Å². The van der Waals surface area contributed by atoms with Crippen molar-refractivity contribution in [3.63, 3.8) is 0 Å². The van der Waals surface area contributed by atoms with Crippen LogP contribution in [0.2, 0.25) is 0 Å². The lowest BCUT2D eigenvalue weighted by Crippen LogP contribution is -2.17. The number of carbonyl (C=O) groups excluding carboxylic acids is 1. The van der Waals surface area contributed by atoms with Crippen LogP contribution in [-0.2, 0) is 0 Å². The Balaban J connectivity index is 1.88. The molecule has 128 valence electrons. The van der Waals surface area contributed by atoms with Crippen LogP contribution in [0.3, 0.4) is 0 Å². The quantitative estimate of drug-likeness (QED) is 0.732. The number of nitrogens with zero attached hydrogens (tertiary/aromatic N) is 3. The highest BCUT2D eigenvalue weighted by Crippen LogP contribution is 2.25. The lowest BCUT2D eigenvalue weighted by Gasteiger charge is -2.09. The standard InChI is InChI=1S/C16H11F3N4O2/c17-16(18,19)25-13-7-5-12(6-8-13)23-15(20)21-14(22-23)11-3-1-10(9-24)2-4-11/h1-9H,(H2,20,21,22). The number of ether oxygens (including phenoxy) is 1. The molecule has 0 saturated carbocycles. The molecule has 0 saturated heterocycles. The average Bonchev–Trinajstić information content (AvgIpc) is 2.96. The topological polar surface area (TPSA) is 83.0 Å². The van der Waals surface area contributed by atoms with Crippen molar-refractivity contribution >= 4 is 12.2 Å². The minimum absolute atomic E-state index is 0.0685. The molecule has 25 heavy (non-hydrogen) atoms. The Morgan fingerprint density at radius 2 is 1.68 bits per heavy atom. The Hall–Kier alpha value is -3.36. The van der Waals surface area contributed by atoms with E-state index >= 15 is 0 Å². The van der Waals surface area contributed by atoms with Crippen LogP contribution in [0.4, 0.5) is 19.1 Å². The summed E-state index contributed by atoms with van der Waals surface area (Å²) < 4.78 is 41.7. The van der Waals surface area contributed by atoms with Crippen molar-refractivity contribution in [2.75, 3.05) is 5.73 Å². The predicted octanol–water partition coefficient (Wildman–Crippen LogP) is 3.23. The van der Waals surface area contributed by atoms with Crippen LogP contribution in [0.5, 0.6) is 5.75 Å². The summed E-state index contributed by atoms with van der Waals surface area (Å²) in [6, 6.07) is 11.6. The SMILES string of the molecule is Nc1nc(-c2ccc(C=O)cc2)nn1-c1ccc(OC(F)(F)F)cc1. The molecule has 0 aliphatic rings. The van der Waals surface area contributed by atoms with Crippen LogP contribution >= 0.6 is 0 Å². The molecule has 0 radical (unpaired) electrons. The van der Waals surface area contributed by atoms with E-state index < -0.39 is 6.36 Å². The first kappa shape index (κ1) is 16.5. The number of nitrogens with two attached hydrogens (primary N) is 1. The zero-order valence-corrected chi connectivity index (χ0v) is 12.6. The van der Waals surface area contributed by atoms with E-state index in [1.165, 1.54) is 16.8 Å². The number of carbonyl (C=O) groups is 1. The molecule has 2 aromatic carbocycles. The summed E-state index contributed by atoms with van der Waals surface area (Å²) in [6.07, 6.45) is -4.04. The summed E-state index contributed by atoms with van der Waals surface area (Å²) >= 11 is 0. The van der Waals surface area contributed by atoms with Gasteiger partial charge in [-0.1, -0.05) is 24.3 Å². The largest absolute Gasteiger partial charge is 0.573 e. The monoisotopic (exact) mass is 348 g/mol. The summed E-state index contributed by atoms with van der Waals surface area (Å²) in [5.74, 6) is 0.0455. The Kier molecular flexibility index (Phi) is 4.14. The molecule has 3 rings (SSSR count). The van der Waals surface area contributed by atoms with E-state index in [0.717, 1.165) is 18.4 Å². The molecule has 0 bridgehead atoms. The molecular weight excluding hydrogens is 337 g/mol. The Morgan fingerprint density at radius 1 is 1.04 bits per heavy atom. The van der Waals surface area contributed by atoms with E-state index in [1.807, 2.05) is 0 Å². The van der Waals surface area contributed by atoms with Crippen LogP contribution < -0.4 is 10.5 Å². The van der Waals surface area contributed by atoms with Gasteiger partial charge in [-0.25, -0.2) is 0 Å². The lowest BCUT2D eigenvalue weighted by atomic mass is 10.1. The molecule has 9 heteroatoms. The average molecular weight is 348 g/mol. The van der Waals surface area contributed by atoms with Gasteiger partial charge in [0.05, 0.1) is 5.69 Å². The van der Waals surface area contributed by atoms with Crippen molar-refractivity contribution in [1.82, 2.24) is 14.8 Å². The number of benzene rings is 2. The first-order valence-corrected chi connectivity index (χ1v) is 7.00. The third kappa shape index (κ3) is 3.77. The Labute approximate surface area is 139 Å². The summed E-state index contributed by atoms with van der Waals surface area (Å²) in [5, 5.41) is 4.24. The van der Waals surface area contributed by atoms with Gasteiger partial charge in [-0.2, -0.15) is 9.67 Å². The first-order chi connectivity index (χ1) is 11.9. The number of rotatable bonds is 4. The maximum absolute atomic E-state index is 12.2. The van der Waals surface area contributed by atoms with Gasteiger partial charge in [-0.3, -0.25) is 4.79 Å². The minimum Gasteiger partial charge on any atom is -0.406 e. The van der Waals surface area contributed by atoms with Gasteiger partial charge in [0.2, 0.25) is 5.95 Å². The van der Waals surface area contributed by atoms with Crippen molar-refractivity contribution in [1.29, 1.82) is 0 Å². The van der Waals surface area contributed by atoms with Gasteiger partial charge in [0.1, 0.15) is 12.0 Å². The maximum atomic E-state index is 12.2. The second-order valence-electron chi connectivity index (χ2n) is 4.99. The number of halogens is 3. The number of anilines is 1. The number of aldehydes is 1. The molecule has 2 N–H and O–H groups in total. The van der Waals surface area contributed by atoms with Crippen molar-refractivity contribution in [3.05, 3.63) is 54.1 Å².